The Morgan fingerprint density at radius 3 is 2.35 bits per heavy atom. The molecule has 2 atom stereocenters. The van der Waals surface area contributed by atoms with E-state index in [-0.39, 0.29) is 5.82 Å². The van der Waals surface area contributed by atoms with E-state index in [0.29, 0.717) is 17.7 Å². The molecule has 120 valence electrons. The molecule has 1 aliphatic rings. The van der Waals surface area contributed by atoms with Gasteiger partial charge >= 0.3 is 0 Å². The predicted molar refractivity (Wildman–Crippen MR) is 85.6 cm³/mol. The smallest absolute Gasteiger partial charge is 0.274 e. The highest BCUT2D eigenvalue weighted by Gasteiger charge is 2.55. The SMILES string of the molecule is CC[C@H]1C(c2ccccc2)=[N+]([O-])[C@@](C)(c2ccc(F)cc2)N1O. The zero-order valence-electron chi connectivity index (χ0n) is 13.1. The van der Waals surface area contributed by atoms with Crippen molar-refractivity contribution in [1.29, 1.82) is 0 Å². The van der Waals surface area contributed by atoms with Gasteiger partial charge in [-0.05, 0) is 42.8 Å². The maximum atomic E-state index is 13.2. The summed E-state index contributed by atoms with van der Waals surface area (Å²) >= 11 is 0. The third-order valence-corrected chi connectivity index (χ3v) is 4.52. The van der Waals surface area contributed by atoms with Gasteiger partial charge in [0.15, 0.2) is 0 Å². The molecule has 0 amide bonds. The average Bonchev–Trinajstić information content (AvgIpc) is 2.77. The summed E-state index contributed by atoms with van der Waals surface area (Å²) in [6.07, 6.45) is 0.580. The number of hydrogen-bond donors (Lipinski definition) is 1. The van der Waals surface area contributed by atoms with Gasteiger partial charge in [0.2, 0.25) is 5.71 Å². The van der Waals surface area contributed by atoms with Gasteiger partial charge in [0.25, 0.3) is 5.66 Å². The summed E-state index contributed by atoms with van der Waals surface area (Å²) in [4.78, 5) is 0. The largest absolute Gasteiger partial charge is 0.622 e. The van der Waals surface area contributed by atoms with Crippen molar-refractivity contribution in [1.82, 2.24) is 5.06 Å². The molecule has 0 radical (unpaired) electrons. The van der Waals surface area contributed by atoms with E-state index in [1.54, 1.807) is 6.92 Å². The predicted octanol–water partition coefficient (Wildman–Crippen LogP) is 3.48. The van der Waals surface area contributed by atoms with E-state index in [0.717, 1.165) is 15.4 Å². The summed E-state index contributed by atoms with van der Waals surface area (Å²) < 4.78 is 14.0. The molecule has 1 heterocycles. The molecule has 4 nitrogen and oxygen atoms in total. The van der Waals surface area contributed by atoms with E-state index in [2.05, 4.69) is 0 Å². The summed E-state index contributed by atoms with van der Waals surface area (Å²) in [5.41, 5.74) is 0.543. The van der Waals surface area contributed by atoms with Crippen LogP contribution in [0.2, 0.25) is 0 Å². The fraction of sp³-hybridized carbons (Fsp3) is 0.278. The van der Waals surface area contributed by atoms with Crippen molar-refractivity contribution < 1.29 is 14.3 Å². The van der Waals surface area contributed by atoms with E-state index in [9.17, 15) is 14.8 Å². The number of halogens is 1. The Kier molecular flexibility index (Phi) is 3.92. The normalized spacial score (nSPS) is 25.1. The van der Waals surface area contributed by atoms with Crippen LogP contribution in [0.4, 0.5) is 4.39 Å². The van der Waals surface area contributed by atoms with Crippen LogP contribution in [-0.4, -0.2) is 26.8 Å². The topological polar surface area (TPSA) is 49.5 Å². The van der Waals surface area contributed by atoms with E-state index < -0.39 is 11.7 Å². The van der Waals surface area contributed by atoms with Gasteiger partial charge in [-0.2, -0.15) is 4.74 Å². The maximum Gasteiger partial charge on any atom is 0.274 e. The number of hydrogen-bond acceptors (Lipinski definition) is 3. The Hall–Kier alpha value is -2.24. The minimum absolute atomic E-state index is 0.378. The molecule has 3 rings (SSSR count). The van der Waals surface area contributed by atoms with Gasteiger partial charge < -0.3 is 10.4 Å². The lowest BCUT2D eigenvalue weighted by Gasteiger charge is -2.30. The Bertz CT molecular complexity index is 730. The molecule has 0 aromatic heterocycles. The summed E-state index contributed by atoms with van der Waals surface area (Å²) in [5, 5.41) is 24.9. The van der Waals surface area contributed by atoms with Crippen molar-refractivity contribution in [3.8, 4) is 0 Å². The van der Waals surface area contributed by atoms with Gasteiger partial charge in [0.05, 0.1) is 0 Å². The van der Waals surface area contributed by atoms with Crippen LogP contribution in [0.1, 0.15) is 31.4 Å². The molecular weight excluding hydrogens is 295 g/mol. The molecule has 0 aliphatic carbocycles. The first-order valence-corrected chi connectivity index (χ1v) is 7.64. The highest BCUT2D eigenvalue weighted by Crippen LogP contribution is 2.37. The van der Waals surface area contributed by atoms with Gasteiger partial charge in [-0.3, -0.25) is 0 Å². The zero-order chi connectivity index (χ0) is 16.6. The standard InChI is InChI=1S/C18H19FN2O2/c1-3-16-17(13-7-5-4-6-8-13)21(23)18(2,20(16)22)14-9-11-15(19)12-10-14/h4-12,16,22H,3H2,1-2H3/t16-,18-/m0/s1. The number of nitrogens with zero attached hydrogens (tertiary/aromatic N) is 2. The Morgan fingerprint density at radius 1 is 1.17 bits per heavy atom. The van der Waals surface area contributed by atoms with Crippen molar-refractivity contribution in [3.05, 3.63) is 76.7 Å². The molecule has 0 bridgehead atoms. The van der Waals surface area contributed by atoms with Crippen LogP contribution in [0.15, 0.2) is 54.6 Å². The first-order chi connectivity index (χ1) is 11.0. The fourth-order valence-electron chi connectivity index (χ4n) is 3.18. The van der Waals surface area contributed by atoms with E-state index >= 15 is 0 Å². The molecular formula is C18H19FN2O2. The molecule has 1 N–H and O–H groups in total. The van der Waals surface area contributed by atoms with Crippen molar-refractivity contribution in [2.24, 2.45) is 0 Å². The lowest BCUT2D eigenvalue weighted by molar-refractivity contribution is -0.595. The molecule has 23 heavy (non-hydrogen) atoms. The molecule has 0 saturated carbocycles. The van der Waals surface area contributed by atoms with Crippen LogP contribution in [0.5, 0.6) is 0 Å². The molecule has 5 heteroatoms. The van der Waals surface area contributed by atoms with Crippen LogP contribution < -0.4 is 0 Å². The van der Waals surface area contributed by atoms with Crippen LogP contribution >= 0.6 is 0 Å². The van der Waals surface area contributed by atoms with E-state index in [4.69, 9.17) is 0 Å². The number of rotatable bonds is 3. The van der Waals surface area contributed by atoms with Gasteiger partial charge in [-0.15, -0.1) is 5.06 Å². The lowest BCUT2D eigenvalue weighted by atomic mass is 10.0. The van der Waals surface area contributed by atoms with Crippen LogP contribution in [-0.2, 0) is 5.66 Å². The van der Waals surface area contributed by atoms with Gasteiger partial charge in [0.1, 0.15) is 11.9 Å². The molecule has 0 saturated heterocycles. The third kappa shape index (κ3) is 2.33. The average molecular weight is 314 g/mol. The monoisotopic (exact) mass is 314 g/mol. The van der Waals surface area contributed by atoms with Crippen molar-refractivity contribution >= 4 is 5.71 Å². The summed E-state index contributed by atoms with van der Waals surface area (Å²) in [5.74, 6) is -0.378. The first-order valence-electron chi connectivity index (χ1n) is 7.64. The molecule has 1 aliphatic heterocycles. The lowest BCUT2D eigenvalue weighted by Crippen LogP contribution is -2.46. The molecule has 0 fully saturated rings. The van der Waals surface area contributed by atoms with Gasteiger partial charge in [-0.1, -0.05) is 25.1 Å². The summed E-state index contributed by atoms with van der Waals surface area (Å²) in [6, 6.07) is 14.5. The summed E-state index contributed by atoms with van der Waals surface area (Å²) in [6.45, 7) is 3.56. The minimum Gasteiger partial charge on any atom is -0.622 e. The van der Waals surface area contributed by atoms with E-state index in [1.165, 1.54) is 24.3 Å². The van der Waals surface area contributed by atoms with Crippen LogP contribution in [0, 0.1) is 11.0 Å². The van der Waals surface area contributed by atoms with Crippen molar-refractivity contribution in [3.63, 3.8) is 0 Å². The highest BCUT2D eigenvalue weighted by molar-refractivity contribution is 6.01. The molecule has 2 aromatic carbocycles. The number of hydroxylamine groups is 3. The highest BCUT2D eigenvalue weighted by atomic mass is 19.1. The van der Waals surface area contributed by atoms with E-state index in [1.807, 2.05) is 37.3 Å². The Labute approximate surface area is 134 Å². The van der Waals surface area contributed by atoms with Crippen molar-refractivity contribution in [2.75, 3.05) is 0 Å². The second kappa shape index (κ2) is 5.76. The van der Waals surface area contributed by atoms with Gasteiger partial charge in [0, 0.05) is 18.1 Å². The quantitative estimate of drug-likeness (QED) is 0.697. The Morgan fingerprint density at radius 2 is 1.78 bits per heavy atom. The van der Waals surface area contributed by atoms with Crippen molar-refractivity contribution in [2.45, 2.75) is 32.0 Å². The maximum absolute atomic E-state index is 13.2. The van der Waals surface area contributed by atoms with Crippen LogP contribution in [0.25, 0.3) is 0 Å². The second-order valence-electron chi connectivity index (χ2n) is 5.84. The minimum atomic E-state index is -1.29. The number of benzene rings is 2. The van der Waals surface area contributed by atoms with Gasteiger partial charge in [-0.25, -0.2) is 4.39 Å². The zero-order valence-corrected chi connectivity index (χ0v) is 13.1. The second-order valence-corrected chi connectivity index (χ2v) is 5.84. The summed E-state index contributed by atoms with van der Waals surface area (Å²) in [7, 11) is 0. The van der Waals surface area contributed by atoms with Crippen LogP contribution in [0.3, 0.4) is 0 Å². The molecule has 0 unspecified atom stereocenters. The third-order valence-electron chi connectivity index (χ3n) is 4.52. The Balaban J connectivity index is 2.18. The molecule has 0 spiro atoms. The first kappa shape index (κ1) is 15.6. The molecule has 2 aromatic rings. The fourth-order valence-corrected chi connectivity index (χ4v) is 3.18.